The van der Waals surface area contributed by atoms with Crippen molar-refractivity contribution in [3.63, 3.8) is 0 Å². The van der Waals surface area contributed by atoms with Gasteiger partial charge in [-0.1, -0.05) is 30.3 Å². The van der Waals surface area contributed by atoms with Gasteiger partial charge in [0, 0.05) is 38.0 Å². The smallest absolute Gasteiger partial charge is 0.254 e. The van der Waals surface area contributed by atoms with Crippen LogP contribution in [0.15, 0.2) is 54.7 Å². The van der Waals surface area contributed by atoms with E-state index in [0.717, 1.165) is 29.7 Å². The number of hydrogen-bond acceptors (Lipinski definition) is 6. The van der Waals surface area contributed by atoms with E-state index in [1.54, 1.807) is 6.07 Å². The molecule has 2 aromatic carbocycles. The zero-order chi connectivity index (χ0) is 22.1. The number of benzene rings is 2. The Hall–Kier alpha value is -3.61. The quantitative estimate of drug-likeness (QED) is 0.624. The van der Waals surface area contributed by atoms with Gasteiger partial charge < -0.3 is 19.3 Å². The van der Waals surface area contributed by atoms with Gasteiger partial charge in [-0.05, 0) is 36.6 Å². The molecule has 0 N–H and O–H groups in total. The first-order valence-electron chi connectivity index (χ1n) is 10.9. The topological polar surface area (TPSA) is 67.8 Å². The van der Waals surface area contributed by atoms with Gasteiger partial charge in [-0.2, -0.15) is 0 Å². The summed E-state index contributed by atoms with van der Waals surface area (Å²) in [5, 5.41) is 0. The Morgan fingerprint density at radius 1 is 1.06 bits per heavy atom. The minimum atomic E-state index is -0.118. The number of amides is 1. The second-order valence-corrected chi connectivity index (χ2v) is 8.24. The highest BCUT2D eigenvalue weighted by Gasteiger charge is 2.34. The van der Waals surface area contributed by atoms with Crippen molar-refractivity contribution >= 4 is 11.9 Å². The van der Waals surface area contributed by atoms with E-state index >= 15 is 0 Å². The summed E-state index contributed by atoms with van der Waals surface area (Å²) in [5.74, 6) is 1.93. The fraction of sp³-hybridized carbons (Fsp3) is 0.320. The standard InChI is InChI=1S/C25H26N4O3/c1-28(2)25-26-16-19(17-7-4-3-5-8-17)23(27-25)20-9-6-12-29(20)24(30)18-10-11-21-22(15-18)32-14-13-31-21/h3-5,7-8,10-11,15-16,20H,6,9,12-14H2,1-2H3/t20-/m0/s1. The number of nitrogens with zero attached hydrogens (tertiary/aromatic N) is 4. The van der Waals surface area contributed by atoms with Crippen molar-refractivity contribution in [2.75, 3.05) is 38.8 Å². The number of carbonyl (C=O) groups is 1. The van der Waals surface area contributed by atoms with Crippen LogP contribution in [0, 0.1) is 0 Å². The van der Waals surface area contributed by atoms with E-state index in [-0.39, 0.29) is 11.9 Å². The summed E-state index contributed by atoms with van der Waals surface area (Å²) in [6.45, 7) is 1.71. The molecule has 2 aliphatic rings. The van der Waals surface area contributed by atoms with Gasteiger partial charge in [0.1, 0.15) is 13.2 Å². The second kappa shape index (κ2) is 8.49. The molecule has 1 atom stereocenters. The number of carbonyl (C=O) groups excluding carboxylic acids is 1. The molecule has 0 aliphatic carbocycles. The third-order valence-electron chi connectivity index (χ3n) is 5.91. The molecule has 0 spiro atoms. The zero-order valence-corrected chi connectivity index (χ0v) is 18.3. The van der Waals surface area contributed by atoms with Crippen molar-refractivity contribution in [1.29, 1.82) is 0 Å². The summed E-state index contributed by atoms with van der Waals surface area (Å²) < 4.78 is 11.3. The van der Waals surface area contributed by atoms with Crippen LogP contribution in [0.4, 0.5) is 5.95 Å². The van der Waals surface area contributed by atoms with Crippen LogP contribution in [-0.2, 0) is 0 Å². The van der Waals surface area contributed by atoms with Crippen molar-refractivity contribution in [3.8, 4) is 22.6 Å². The highest BCUT2D eigenvalue weighted by Crippen LogP contribution is 2.39. The van der Waals surface area contributed by atoms with Gasteiger partial charge in [0.25, 0.3) is 5.91 Å². The van der Waals surface area contributed by atoms with Crippen molar-refractivity contribution < 1.29 is 14.3 Å². The third kappa shape index (κ3) is 3.75. The Labute approximate surface area is 187 Å². The van der Waals surface area contributed by atoms with E-state index in [4.69, 9.17) is 14.5 Å². The maximum Gasteiger partial charge on any atom is 0.254 e. The molecule has 0 saturated carbocycles. The largest absolute Gasteiger partial charge is 0.486 e. The molecule has 1 fully saturated rings. The Balaban J connectivity index is 1.53. The Bertz CT molecular complexity index is 1130. The summed E-state index contributed by atoms with van der Waals surface area (Å²) in [7, 11) is 3.85. The van der Waals surface area contributed by atoms with Gasteiger partial charge in [-0.25, -0.2) is 9.97 Å². The lowest BCUT2D eigenvalue weighted by atomic mass is 9.99. The average Bonchev–Trinajstić information content (AvgIpc) is 3.33. The van der Waals surface area contributed by atoms with Gasteiger partial charge >= 0.3 is 0 Å². The molecule has 164 valence electrons. The van der Waals surface area contributed by atoms with Crippen molar-refractivity contribution in [3.05, 3.63) is 66.0 Å². The molecule has 0 bridgehead atoms. The van der Waals surface area contributed by atoms with E-state index in [2.05, 4.69) is 17.1 Å². The molecule has 1 amide bonds. The van der Waals surface area contributed by atoms with Crippen LogP contribution in [0.5, 0.6) is 11.5 Å². The first kappa shape index (κ1) is 20.3. The maximum absolute atomic E-state index is 13.6. The normalized spacial score (nSPS) is 17.3. The highest BCUT2D eigenvalue weighted by molar-refractivity contribution is 5.95. The lowest BCUT2D eigenvalue weighted by Gasteiger charge is -2.27. The summed E-state index contributed by atoms with van der Waals surface area (Å²) in [6, 6.07) is 15.4. The average molecular weight is 431 g/mol. The van der Waals surface area contributed by atoms with E-state index in [9.17, 15) is 4.79 Å². The number of ether oxygens (including phenoxy) is 2. The second-order valence-electron chi connectivity index (χ2n) is 8.24. The third-order valence-corrected chi connectivity index (χ3v) is 5.91. The number of rotatable bonds is 4. The lowest BCUT2D eigenvalue weighted by Crippen LogP contribution is -2.32. The van der Waals surface area contributed by atoms with Crippen LogP contribution >= 0.6 is 0 Å². The number of anilines is 1. The molecule has 0 radical (unpaired) electrons. The first-order valence-corrected chi connectivity index (χ1v) is 10.9. The van der Waals surface area contributed by atoms with Gasteiger partial charge in [-0.15, -0.1) is 0 Å². The Kier molecular flexibility index (Phi) is 5.39. The predicted molar refractivity (Wildman–Crippen MR) is 122 cm³/mol. The van der Waals surface area contributed by atoms with Gasteiger partial charge in [0.2, 0.25) is 5.95 Å². The lowest BCUT2D eigenvalue weighted by molar-refractivity contribution is 0.0732. The molecule has 3 aromatic rings. The molecule has 2 aliphatic heterocycles. The van der Waals surface area contributed by atoms with Crippen molar-refractivity contribution in [1.82, 2.24) is 14.9 Å². The molecular formula is C25H26N4O3. The monoisotopic (exact) mass is 430 g/mol. The van der Waals surface area contributed by atoms with Crippen LogP contribution in [0.2, 0.25) is 0 Å². The van der Waals surface area contributed by atoms with E-state index in [0.29, 0.717) is 42.8 Å². The number of likely N-dealkylation sites (tertiary alicyclic amines) is 1. The van der Waals surface area contributed by atoms with Crippen LogP contribution in [0.25, 0.3) is 11.1 Å². The zero-order valence-electron chi connectivity index (χ0n) is 18.3. The minimum absolute atomic E-state index is 0.0199. The summed E-state index contributed by atoms with van der Waals surface area (Å²) >= 11 is 0. The van der Waals surface area contributed by atoms with Gasteiger partial charge in [0.05, 0.1) is 11.7 Å². The Morgan fingerprint density at radius 3 is 2.62 bits per heavy atom. The fourth-order valence-corrected chi connectivity index (χ4v) is 4.33. The summed E-state index contributed by atoms with van der Waals surface area (Å²) in [5.41, 5.74) is 3.50. The van der Waals surface area contributed by atoms with Gasteiger partial charge in [0.15, 0.2) is 11.5 Å². The SMILES string of the molecule is CN(C)c1ncc(-c2ccccc2)c([C@@H]2CCCN2C(=O)c2ccc3c(c2)OCCO3)n1. The van der Waals surface area contributed by atoms with Crippen molar-refractivity contribution in [2.45, 2.75) is 18.9 Å². The molecule has 7 heteroatoms. The maximum atomic E-state index is 13.6. The predicted octanol–water partition coefficient (Wildman–Crippen LogP) is 3.96. The molecule has 1 saturated heterocycles. The first-order chi connectivity index (χ1) is 15.6. The highest BCUT2D eigenvalue weighted by atomic mass is 16.6. The summed E-state index contributed by atoms with van der Waals surface area (Å²) in [6.07, 6.45) is 3.66. The van der Waals surface area contributed by atoms with Crippen LogP contribution in [0.3, 0.4) is 0 Å². The molecule has 3 heterocycles. The van der Waals surface area contributed by atoms with Crippen LogP contribution in [-0.4, -0.2) is 54.6 Å². The number of aromatic nitrogens is 2. The van der Waals surface area contributed by atoms with Gasteiger partial charge in [-0.3, -0.25) is 4.79 Å². The van der Waals surface area contributed by atoms with E-state index < -0.39 is 0 Å². The molecule has 5 rings (SSSR count). The van der Waals surface area contributed by atoms with E-state index in [1.165, 1.54) is 0 Å². The molecule has 1 aromatic heterocycles. The number of fused-ring (bicyclic) bond motifs is 1. The van der Waals surface area contributed by atoms with Crippen molar-refractivity contribution in [2.24, 2.45) is 0 Å². The van der Waals surface area contributed by atoms with Crippen LogP contribution in [0.1, 0.15) is 34.9 Å². The Morgan fingerprint density at radius 2 is 1.84 bits per heavy atom. The minimum Gasteiger partial charge on any atom is -0.486 e. The molecule has 7 nitrogen and oxygen atoms in total. The molecule has 0 unspecified atom stereocenters. The molecule has 32 heavy (non-hydrogen) atoms. The fourth-order valence-electron chi connectivity index (χ4n) is 4.33. The molecular weight excluding hydrogens is 404 g/mol. The van der Waals surface area contributed by atoms with E-state index in [1.807, 2.05) is 60.4 Å². The summed E-state index contributed by atoms with van der Waals surface area (Å²) in [4.78, 5) is 26.8. The van der Waals surface area contributed by atoms with Crippen LogP contribution < -0.4 is 14.4 Å². The number of hydrogen-bond donors (Lipinski definition) is 0.